The zero-order chi connectivity index (χ0) is 17.2. The predicted octanol–water partition coefficient (Wildman–Crippen LogP) is 2.68. The van der Waals surface area contributed by atoms with Crippen LogP contribution < -0.4 is 15.4 Å². The van der Waals surface area contributed by atoms with E-state index in [2.05, 4.69) is 15.6 Å². The van der Waals surface area contributed by atoms with Gasteiger partial charge in [-0.15, -0.1) is 0 Å². The molecule has 0 aliphatic rings. The first-order valence-electron chi connectivity index (χ1n) is 8.22. The fourth-order valence-corrected chi connectivity index (χ4v) is 2.20. The van der Waals surface area contributed by atoms with Crippen molar-refractivity contribution in [1.29, 1.82) is 0 Å². The third-order valence-electron chi connectivity index (χ3n) is 3.33. The Kier molecular flexibility index (Phi) is 7.01. The Morgan fingerprint density at radius 1 is 1.25 bits per heavy atom. The van der Waals surface area contributed by atoms with E-state index in [9.17, 15) is 5.11 Å². The minimum atomic E-state index is 0.146. The summed E-state index contributed by atoms with van der Waals surface area (Å²) < 4.78 is 10.7. The molecule has 0 unspecified atom stereocenters. The highest BCUT2D eigenvalue weighted by Gasteiger charge is 2.04. The molecule has 0 saturated carbocycles. The van der Waals surface area contributed by atoms with E-state index in [1.807, 2.05) is 38.1 Å². The van der Waals surface area contributed by atoms with E-state index in [1.54, 1.807) is 12.3 Å². The van der Waals surface area contributed by atoms with Crippen molar-refractivity contribution in [3.05, 3.63) is 47.9 Å². The fourth-order valence-electron chi connectivity index (χ4n) is 2.20. The topological polar surface area (TPSA) is 79.0 Å². The predicted molar refractivity (Wildman–Crippen MR) is 94.5 cm³/mol. The van der Waals surface area contributed by atoms with Crippen LogP contribution in [0.4, 0.5) is 0 Å². The summed E-state index contributed by atoms with van der Waals surface area (Å²) in [6, 6.07) is 9.13. The molecule has 6 heteroatoms. The van der Waals surface area contributed by atoms with Crippen molar-refractivity contribution < 1.29 is 14.3 Å². The number of aliphatic imine (C=N–C) groups is 1. The van der Waals surface area contributed by atoms with E-state index >= 15 is 0 Å². The van der Waals surface area contributed by atoms with Gasteiger partial charge in [0.15, 0.2) is 17.5 Å². The summed E-state index contributed by atoms with van der Waals surface area (Å²) in [4.78, 5) is 4.56. The Labute approximate surface area is 142 Å². The molecule has 0 atom stereocenters. The van der Waals surface area contributed by atoms with Gasteiger partial charge in [0.1, 0.15) is 5.76 Å². The maximum atomic E-state index is 9.74. The van der Waals surface area contributed by atoms with E-state index in [4.69, 9.17) is 9.15 Å². The van der Waals surface area contributed by atoms with Crippen LogP contribution in [0.1, 0.15) is 25.2 Å². The number of ether oxygens (including phenoxy) is 1. The van der Waals surface area contributed by atoms with Gasteiger partial charge in [0, 0.05) is 19.5 Å². The number of hydrogen-bond donors (Lipinski definition) is 3. The molecule has 0 aliphatic heterocycles. The van der Waals surface area contributed by atoms with E-state index in [1.165, 1.54) is 0 Å². The molecular formula is C18H25N3O3. The fraction of sp³-hybridized carbons (Fsp3) is 0.389. The maximum Gasteiger partial charge on any atom is 0.191 e. The molecule has 6 nitrogen and oxygen atoms in total. The standard InChI is InChI=1S/C18H25N3O3/c1-3-19-18(20-10-9-15-6-5-11-24-15)21-13-14-7-8-16(22)17(12-14)23-4-2/h5-8,11-12,22H,3-4,9-10,13H2,1-2H3,(H2,19,20,21). The number of hydrogen-bond acceptors (Lipinski definition) is 4. The number of aromatic hydroxyl groups is 1. The lowest BCUT2D eigenvalue weighted by Gasteiger charge is -2.11. The van der Waals surface area contributed by atoms with Crippen LogP contribution in [0, 0.1) is 0 Å². The minimum absolute atomic E-state index is 0.146. The molecule has 0 aliphatic carbocycles. The number of furan rings is 1. The first-order valence-corrected chi connectivity index (χ1v) is 8.22. The lowest BCUT2D eigenvalue weighted by Crippen LogP contribution is -2.38. The summed E-state index contributed by atoms with van der Waals surface area (Å²) in [5.74, 6) is 2.32. The van der Waals surface area contributed by atoms with Crippen LogP contribution in [0.15, 0.2) is 46.0 Å². The van der Waals surface area contributed by atoms with Crippen LogP contribution >= 0.6 is 0 Å². The lowest BCUT2D eigenvalue weighted by atomic mass is 10.2. The van der Waals surface area contributed by atoms with Crippen LogP contribution in [0.5, 0.6) is 11.5 Å². The largest absolute Gasteiger partial charge is 0.504 e. The van der Waals surface area contributed by atoms with Crippen molar-refractivity contribution in [3.8, 4) is 11.5 Å². The highest BCUT2D eigenvalue weighted by Crippen LogP contribution is 2.27. The molecule has 24 heavy (non-hydrogen) atoms. The normalized spacial score (nSPS) is 11.3. The van der Waals surface area contributed by atoms with Crippen LogP contribution in [0.3, 0.4) is 0 Å². The number of rotatable bonds is 8. The van der Waals surface area contributed by atoms with Gasteiger partial charge in [-0.3, -0.25) is 0 Å². The first-order chi connectivity index (χ1) is 11.7. The van der Waals surface area contributed by atoms with Crippen molar-refractivity contribution in [2.75, 3.05) is 19.7 Å². The molecule has 3 N–H and O–H groups in total. The molecule has 1 aromatic heterocycles. The molecule has 0 saturated heterocycles. The monoisotopic (exact) mass is 331 g/mol. The van der Waals surface area contributed by atoms with Gasteiger partial charge in [-0.05, 0) is 43.7 Å². The highest BCUT2D eigenvalue weighted by molar-refractivity contribution is 5.79. The Hall–Kier alpha value is -2.63. The maximum absolute atomic E-state index is 9.74. The van der Waals surface area contributed by atoms with Gasteiger partial charge in [0.25, 0.3) is 0 Å². The summed E-state index contributed by atoms with van der Waals surface area (Å²) >= 11 is 0. The first kappa shape index (κ1) is 17.7. The van der Waals surface area contributed by atoms with Gasteiger partial charge in [-0.2, -0.15) is 0 Å². The van der Waals surface area contributed by atoms with Crippen LogP contribution in [0.2, 0.25) is 0 Å². The molecule has 2 aromatic rings. The zero-order valence-corrected chi connectivity index (χ0v) is 14.2. The van der Waals surface area contributed by atoms with E-state index in [-0.39, 0.29) is 5.75 Å². The average Bonchev–Trinajstić information content (AvgIpc) is 3.09. The quantitative estimate of drug-likeness (QED) is 0.512. The summed E-state index contributed by atoms with van der Waals surface area (Å²) in [6.07, 6.45) is 2.47. The lowest BCUT2D eigenvalue weighted by molar-refractivity contribution is 0.318. The number of benzene rings is 1. The molecule has 130 valence electrons. The van der Waals surface area contributed by atoms with Crippen LogP contribution in [-0.4, -0.2) is 30.8 Å². The Morgan fingerprint density at radius 3 is 2.83 bits per heavy atom. The number of nitrogens with zero attached hydrogens (tertiary/aromatic N) is 1. The third-order valence-corrected chi connectivity index (χ3v) is 3.33. The molecule has 0 radical (unpaired) electrons. The Morgan fingerprint density at radius 2 is 2.12 bits per heavy atom. The number of guanidine groups is 1. The van der Waals surface area contributed by atoms with E-state index in [0.29, 0.717) is 18.9 Å². The molecule has 1 aromatic carbocycles. The second kappa shape index (κ2) is 9.50. The third kappa shape index (κ3) is 5.53. The molecule has 0 fully saturated rings. The van der Waals surface area contributed by atoms with Crippen molar-refractivity contribution >= 4 is 5.96 Å². The van der Waals surface area contributed by atoms with Gasteiger partial charge >= 0.3 is 0 Å². The molecular weight excluding hydrogens is 306 g/mol. The zero-order valence-electron chi connectivity index (χ0n) is 14.2. The average molecular weight is 331 g/mol. The summed E-state index contributed by atoms with van der Waals surface area (Å²) in [5, 5.41) is 16.2. The molecule has 2 rings (SSSR count). The molecule has 0 amide bonds. The van der Waals surface area contributed by atoms with Gasteiger partial charge < -0.3 is 24.9 Å². The van der Waals surface area contributed by atoms with Crippen molar-refractivity contribution in [2.24, 2.45) is 4.99 Å². The summed E-state index contributed by atoms with van der Waals surface area (Å²) in [6.45, 7) is 6.44. The number of phenolic OH excluding ortho intramolecular Hbond substituents is 1. The smallest absolute Gasteiger partial charge is 0.191 e. The highest BCUT2D eigenvalue weighted by atomic mass is 16.5. The number of phenols is 1. The van der Waals surface area contributed by atoms with Gasteiger partial charge in [0.05, 0.1) is 19.4 Å². The van der Waals surface area contributed by atoms with Crippen molar-refractivity contribution in [3.63, 3.8) is 0 Å². The molecule has 1 heterocycles. The van der Waals surface area contributed by atoms with E-state index < -0.39 is 0 Å². The van der Waals surface area contributed by atoms with Crippen molar-refractivity contribution in [1.82, 2.24) is 10.6 Å². The Bertz CT molecular complexity index is 639. The van der Waals surface area contributed by atoms with Gasteiger partial charge in [-0.25, -0.2) is 4.99 Å². The molecule has 0 spiro atoms. The Balaban J connectivity index is 1.93. The van der Waals surface area contributed by atoms with Gasteiger partial charge in [-0.1, -0.05) is 6.07 Å². The molecule has 0 bridgehead atoms. The number of nitrogens with one attached hydrogen (secondary N) is 2. The second-order valence-electron chi connectivity index (χ2n) is 5.19. The van der Waals surface area contributed by atoms with E-state index in [0.717, 1.165) is 36.8 Å². The second-order valence-corrected chi connectivity index (χ2v) is 5.19. The van der Waals surface area contributed by atoms with Crippen molar-refractivity contribution in [2.45, 2.75) is 26.8 Å². The van der Waals surface area contributed by atoms with Crippen LogP contribution in [0.25, 0.3) is 0 Å². The minimum Gasteiger partial charge on any atom is -0.504 e. The van der Waals surface area contributed by atoms with Crippen LogP contribution in [-0.2, 0) is 13.0 Å². The summed E-state index contributed by atoms with van der Waals surface area (Å²) in [5.41, 5.74) is 0.972. The summed E-state index contributed by atoms with van der Waals surface area (Å²) in [7, 11) is 0. The van der Waals surface area contributed by atoms with Gasteiger partial charge in [0.2, 0.25) is 0 Å². The SMILES string of the molecule is CCNC(=NCc1ccc(O)c(OCC)c1)NCCc1ccco1.